The largest absolute Gasteiger partial charge is 0.355 e. The summed E-state index contributed by atoms with van der Waals surface area (Å²) in [5.74, 6) is 5.95. The molecule has 0 aliphatic rings. The van der Waals surface area contributed by atoms with E-state index in [1.807, 2.05) is 37.4 Å². The number of benzene rings is 1. The smallest absolute Gasteiger partial charge is 0.274 e. The second kappa shape index (κ2) is 7.12. The third kappa shape index (κ3) is 3.70. The summed E-state index contributed by atoms with van der Waals surface area (Å²) < 4.78 is 5.16. The summed E-state index contributed by atoms with van der Waals surface area (Å²) in [5.41, 5.74) is 1.13. The summed E-state index contributed by atoms with van der Waals surface area (Å²) in [5, 5.41) is 9.32. The van der Waals surface area contributed by atoms with Crippen LogP contribution in [0.2, 0.25) is 0 Å². The second-order valence-corrected chi connectivity index (χ2v) is 4.01. The molecule has 0 spiro atoms. The first-order valence-electron chi connectivity index (χ1n) is 6.22. The van der Waals surface area contributed by atoms with Crippen LogP contribution < -0.4 is 10.6 Å². The number of rotatable bonds is 4. The van der Waals surface area contributed by atoms with Gasteiger partial charge in [0.1, 0.15) is 0 Å². The van der Waals surface area contributed by atoms with Gasteiger partial charge in [0, 0.05) is 11.6 Å². The van der Waals surface area contributed by atoms with E-state index in [4.69, 9.17) is 4.52 Å². The van der Waals surface area contributed by atoms with Gasteiger partial charge in [-0.3, -0.25) is 4.79 Å². The lowest BCUT2D eigenvalue weighted by Crippen LogP contribution is -2.24. The van der Waals surface area contributed by atoms with Gasteiger partial charge in [-0.25, -0.2) is 0 Å². The fourth-order valence-electron chi connectivity index (χ4n) is 1.55. The Kier molecular flexibility index (Phi) is 4.93. The first-order valence-corrected chi connectivity index (χ1v) is 6.22. The first kappa shape index (κ1) is 13.8. The molecule has 1 aromatic carbocycles. The third-order valence-corrected chi connectivity index (χ3v) is 2.53. The molecule has 2 rings (SSSR count). The van der Waals surface area contributed by atoms with E-state index in [1.54, 1.807) is 6.07 Å². The van der Waals surface area contributed by atoms with Crippen LogP contribution in [0.3, 0.4) is 0 Å². The maximum absolute atomic E-state index is 11.8. The molecule has 1 heterocycles. The highest BCUT2D eigenvalue weighted by Crippen LogP contribution is 2.19. The van der Waals surface area contributed by atoms with E-state index in [0.717, 1.165) is 5.56 Å². The maximum Gasteiger partial charge on any atom is 0.274 e. The topological polar surface area (TPSA) is 67.2 Å². The Morgan fingerprint density at radius 3 is 2.75 bits per heavy atom. The van der Waals surface area contributed by atoms with Crippen molar-refractivity contribution >= 4 is 5.91 Å². The summed E-state index contributed by atoms with van der Waals surface area (Å²) in [6, 6.07) is 11.1. The Labute approximate surface area is 117 Å². The Morgan fingerprint density at radius 1 is 1.25 bits per heavy atom. The quantitative estimate of drug-likeness (QED) is 0.821. The van der Waals surface area contributed by atoms with Crippen molar-refractivity contribution in [3.63, 3.8) is 0 Å². The van der Waals surface area contributed by atoms with Crippen molar-refractivity contribution in [1.82, 2.24) is 15.8 Å². The number of hydrogen-bond donors (Lipinski definition) is 2. The van der Waals surface area contributed by atoms with E-state index in [1.165, 1.54) is 0 Å². The molecule has 0 fully saturated rings. The van der Waals surface area contributed by atoms with Gasteiger partial charge in [0.25, 0.3) is 5.91 Å². The Balaban J connectivity index is 1.96. The lowest BCUT2D eigenvalue weighted by molar-refractivity contribution is 0.0950. The van der Waals surface area contributed by atoms with Crippen molar-refractivity contribution in [2.24, 2.45) is 0 Å². The molecule has 1 aromatic heterocycles. The molecule has 0 aliphatic heterocycles. The SMILES string of the molecule is CNCC#CCNC(=O)c1cc(-c2ccccc2)on1. The van der Waals surface area contributed by atoms with E-state index in [2.05, 4.69) is 27.6 Å². The number of nitrogens with zero attached hydrogens (tertiary/aromatic N) is 1. The van der Waals surface area contributed by atoms with Crippen LogP contribution in [0.25, 0.3) is 11.3 Å². The Morgan fingerprint density at radius 2 is 2.00 bits per heavy atom. The van der Waals surface area contributed by atoms with Crippen LogP contribution in [-0.2, 0) is 0 Å². The summed E-state index contributed by atoms with van der Waals surface area (Å²) in [6.07, 6.45) is 0. The monoisotopic (exact) mass is 269 g/mol. The zero-order chi connectivity index (χ0) is 14.2. The van der Waals surface area contributed by atoms with Crippen LogP contribution in [0.5, 0.6) is 0 Å². The zero-order valence-corrected chi connectivity index (χ0v) is 11.1. The van der Waals surface area contributed by atoms with Crippen LogP contribution in [-0.4, -0.2) is 31.2 Å². The van der Waals surface area contributed by atoms with Gasteiger partial charge in [0.05, 0.1) is 13.1 Å². The minimum Gasteiger partial charge on any atom is -0.355 e. The minimum atomic E-state index is -0.297. The molecule has 5 heteroatoms. The van der Waals surface area contributed by atoms with Crippen molar-refractivity contribution < 1.29 is 9.32 Å². The molecule has 0 aliphatic carbocycles. The zero-order valence-electron chi connectivity index (χ0n) is 11.1. The molecule has 2 N–H and O–H groups in total. The van der Waals surface area contributed by atoms with Crippen molar-refractivity contribution in [3.8, 4) is 23.2 Å². The van der Waals surface area contributed by atoms with Gasteiger partial charge in [0.2, 0.25) is 0 Å². The number of hydrogen-bond acceptors (Lipinski definition) is 4. The summed E-state index contributed by atoms with van der Waals surface area (Å²) >= 11 is 0. The van der Waals surface area contributed by atoms with Crippen LogP contribution in [0.4, 0.5) is 0 Å². The second-order valence-electron chi connectivity index (χ2n) is 4.01. The molecular weight excluding hydrogens is 254 g/mol. The van der Waals surface area contributed by atoms with E-state index in [9.17, 15) is 4.79 Å². The first-order chi connectivity index (χ1) is 9.81. The van der Waals surface area contributed by atoms with E-state index >= 15 is 0 Å². The fourth-order valence-corrected chi connectivity index (χ4v) is 1.55. The lowest BCUT2D eigenvalue weighted by atomic mass is 10.1. The number of aromatic nitrogens is 1. The van der Waals surface area contributed by atoms with Gasteiger partial charge in [0.15, 0.2) is 11.5 Å². The Bertz CT molecular complexity index is 623. The van der Waals surface area contributed by atoms with Gasteiger partial charge < -0.3 is 15.2 Å². The van der Waals surface area contributed by atoms with Crippen LogP contribution in [0.1, 0.15) is 10.5 Å². The van der Waals surface area contributed by atoms with E-state index in [-0.39, 0.29) is 18.1 Å². The fraction of sp³-hybridized carbons (Fsp3) is 0.200. The molecule has 20 heavy (non-hydrogen) atoms. The van der Waals surface area contributed by atoms with Crippen LogP contribution in [0.15, 0.2) is 40.9 Å². The summed E-state index contributed by atoms with van der Waals surface area (Å²) in [7, 11) is 1.81. The van der Waals surface area contributed by atoms with Gasteiger partial charge in [-0.05, 0) is 7.05 Å². The molecule has 0 saturated heterocycles. The maximum atomic E-state index is 11.8. The molecule has 102 valence electrons. The predicted molar refractivity (Wildman–Crippen MR) is 76.0 cm³/mol. The van der Waals surface area contributed by atoms with E-state index in [0.29, 0.717) is 12.3 Å². The van der Waals surface area contributed by atoms with Gasteiger partial charge in [-0.15, -0.1) is 0 Å². The van der Waals surface area contributed by atoms with Crippen molar-refractivity contribution in [2.75, 3.05) is 20.1 Å². The predicted octanol–water partition coefficient (Wildman–Crippen LogP) is 1.29. The van der Waals surface area contributed by atoms with Gasteiger partial charge in [-0.2, -0.15) is 0 Å². The highest BCUT2D eigenvalue weighted by molar-refractivity contribution is 5.93. The van der Waals surface area contributed by atoms with Gasteiger partial charge >= 0.3 is 0 Å². The molecule has 2 aromatic rings. The third-order valence-electron chi connectivity index (χ3n) is 2.53. The molecule has 0 unspecified atom stereocenters. The molecule has 1 amide bonds. The van der Waals surface area contributed by atoms with E-state index < -0.39 is 0 Å². The molecule has 0 atom stereocenters. The normalized spacial score (nSPS) is 9.65. The molecule has 5 nitrogen and oxygen atoms in total. The molecular formula is C15H15N3O2. The van der Waals surface area contributed by atoms with Crippen LogP contribution in [0, 0.1) is 11.8 Å². The highest BCUT2D eigenvalue weighted by atomic mass is 16.5. The molecule has 0 bridgehead atoms. The number of carbonyl (C=O) groups is 1. The average molecular weight is 269 g/mol. The lowest BCUT2D eigenvalue weighted by Gasteiger charge is -1.95. The molecule has 0 radical (unpaired) electrons. The van der Waals surface area contributed by atoms with Gasteiger partial charge in [-0.1, -0.05) is 47.3 Å². The molecule has 0 saturated carbocycles. The van der Waals surface area contributed by atoms with Crippen molar-refractivity contribution in [2.45, 2.75) is 0 Å². The summed E-state index contributed by atoms with van der Waals surface area (Å²) in [6.45, 7) is 0.881. The number of amides is 1. The average Bonchev–Trinajstić information content (AvgIpc) is 2.98. The Hall–Kier alpha value is -2.58. The van der Waals surface area contributed by atoms with Crippen LogP contribution >= 0.6 is 0 Å². The standard InChI is InChI=1S/C15H15N3O2/c1-16-9-5-6-10-17-15(19)13-11-14(20-18-13)12-7-3-2-4-8-12/h2-4,7-8,11,16H,9-10H2,1H3,(H,17,19). The minimum absolute atomic E-state index is 0.249. The van der Waals surface area contributed by atoms with Crippen molar-refractivity contribution in [3.05, 3.63) is 42.1 Å². The number of nitrogens with one attached hydrogen (secondary N) is 2. The summed E-state index contributed by atoms with van der Waals surface area (Å²) in [4.78, 5) is 11.8. The number of carbonyl (C=O) groups excluding carboxylic acids is 1. The highest BCUT2D eigenvalue weighted by Gasteiger charge is 2.12. The van der Waals surface area contributed by atoms with Crippen molar-refractivity contribution in [1.29, 1.82) is 0 Å².